The van der Waals surface area contributed by atoms with E-state index in [9.17, 15) is 18.8 Å². The van der Waals surface area contributed by atoms with Gasteiger partial charge < -0.3 is 10.6 Å². The van der Waals surface area contributed by atoms with Crippen LogP contribution in [0.15, 0.2) is 54.6 Å². The van der Waals surface area contributed by atoms with Crippen LogP contribution in [0.3, 0.4) is 0 Å². The van der Waals surface area contributed by atoms with E-state index in [0.29, 0.717) is 26.9 Å². The van der Waals surface area contributed by atoms with E-state index >= 15 is 0 Å². The Hall–Kier alpha value is -2.35. The number of hydrogen-bond donors (Lipinski definition) is 2. The number of alkyl halides is 2. The van der Waals surface area contributed by atoms with Gasteiger partial charge in [0.15, 0.2) is 5.78 Å². The molecule has 37 heavy (non-hydrogen) atoms. The first-order valence-electron chi connectivity index (χ1n) is 10.9. The van der Waals surface area contributed by atoms with E-state index in [-0.39, 0.29) is 22.7 Å². The van der Waals surface area contributed by atoms with Gasteiger partial charge >= 0.3 is 0 Å². The lowest BCUT2D eigenvalue weighted by Crippen LogP contribution is -2.17. The first-order chi connectivity index (χ1) is 17.4. The molecule has 1 fully saturated rings. The van der Waals surface area contributed by atoms with Crippen LogP contribution >= 0.6 is 58.0 Å². The SMILES string of the molecule is CC(=O)Nc1cc(F)ccc1CC(=O)c1cc(NC(=O)C2C(c3cc(Cl)cc(Cl)c3)C2(Cl)Cl)ccc1Cl. The minimum absolute atomic E-state index is 0.134. The number of ketones is 1. The van der Waals surface area contributed by atoms with Crippen LogP contribution in [0.1, 0.15) is 34.3 Å². The van der Waals surface area contributed by atoms with Crippen molar-refractivity contribution in [3.63, 3.8) is 0 Å². The zero-order chi connectivity index (χ0) is 27.1. The summed E-state index contributed by atoms with van der Waals surface area (Å²) in [5, 5.41) is 6.18. The molecule has 1 aliphatic rings. The first kappa shape index (κ1) is 27.7. The van der Waals surface area contributed by atoms with Crippen LogP contribution < -0.4 is 10.6 Å². The molecule has 2 unspecified atom stereocenters. The molecular weight excluding hydrogens is 585 g/mol. The van der Waals surface area contributed by atoms with Gasteiger partial charge in [-0.25, -0.2) is 4.39 Å². The van der Waals surface area contributed by atoms with Crippen molar-refractivity contribution in [2.45, 2.75) is 23.6 Å². The molecule has 0 spiro atoms. The summed E-state index contributed by atoms with van der Waals surface area (Å²) < 4.78 is 12.3. The summed E-state index contributed by atoms with van der Waals surface area (Å²) in [6.07, 6.45) is -0.167. The lowest BCUT2D eigenvalue weighted by molar-refractivity contribution is -0.117. The summed E-state index contributed by atoms with van der Waals surface area (Å²) in [6, 6.07) is 13.0. The predicted octanol–water partition coefficient (Wildman–Crippen LogP) is 7.70. The molecule has 2 atom stereocenters. The number of amides is 2. The predicted molar refractivity (Wildman–Crippen MR) is 146 cm³/mol. The van der Waals surface area contributed by atoms with Gasteiger partial charge in [0.25, 0.3) is 0 Å². The topological polar surface area (TPSA) is 75.3 Å². The van der Waals surface area contributed by atoms with E-state index in [0.717, 1.165) is 6.07 Å². The van der Waals surface area contributed by atoms with Crippen LogP contribution in [0.5, 0.6) is 0 Å². The molecular formula is C26H18Cl5FN2O3. The van der Waals surface area contributed by atoms with Gasteiger partial charge in [0.1, 0.15) is 10.2 Å². The van der Waals surface area contributed by atoms with Crippen LogP contribution in [-0.4, -0.2) is 21.9 Å². The molecule has 1 saturated carbocycles. The summed E-state index contributed by atoms with van der Waals surface area (Å²) in [4.78, 5) is 37.6. The molecule has 0 aromatic heterocycles. The number of carbonyl (C=O) groups is 3. The lowest BCUT2D eigenvalue weighted by atomic mass is 10.0. The standard InChI is InChI=1S/C26H18Cl5FN2O3/c1-12(35)33-21-10-17(32)3-2-13(21)8-22(36)19-11-18(4-5-20(19)29)34-25(37)24-23(26(24,30)31)14-6-15(27)9-16(28)7-14/h2-7,9-11,23-24H,8H2,1H3,(H,33,35)(H,34,37). The van der Waals surface area contributed by atoms with Crippen molar-refractivity contribution in [2.24, 2.45) is 5.92 Å². The molecule has 5 nitrogen and oxygen atoms in total. The lowest BCUT2D eigenvalue weighted by Gasteiger charge is -2.12. The Morgan fingerprint density at radius 1 is 0.919 bits per heavy atom. The number of nitrogens with one attached hydrogen (secondary N) is 2. The Labute approximate surface area is 237 Å². The van der Waals surface area contributed by atoms with Crippen LogP contribution in [0.25, 0.3) is 0 Å². The molecule has 0 aliphatic heterocycles. The average molecular weight is 603 g/mol. The van der Waals surface area contributed by atoms with Gasteiger partial charge in [-0.05, 0) is 59.7 Å². The van der Waals surface area contributed by atoms with E-state index in [1.807, 2.05) is 0 Å². The second-order valence-corrected chi connectivity index (χ2v) is 11.3. The average Bonchev–Trinajstić information content (AvgIpc) is 3.38. The van der Waals surface area contributed by atoms with Crippen molar-refractivity contribution in [3.05, 3.63) is 92.2 Å². The molecule has 0 saturated heterocycles. The van der Waals surface area contributed by atoms with Crippen molar-refractivity contribution >= 4 is 87.0 Å². The van der Waals surface area contributed by atoms with Crippen molar-refractivity contribution < 1.29 is 18.8 Å². The van der Waals surface area contributed by atoms with E-state index in [1.54, 1.807) is 18.2 Å². The maximum absolute atomic E-state index is 13.7. The highest BCUT2D eigenvalue weighted by molar-refractivity contribution is 6.53. The van der Waals surface area contributed by atoms with Gasteiger partial charge in [-0.3, -0.25) is 14.4 Å². The fourth-order valence-electron chi connectivity index (χ4n) is 4.14. The number of carbonyl (C=O) groups excluding carboxylic acids is 3. The van der Waals surface area contributed by atoms with Gasteiger partial charge in [0, 0.05) is 46.2 Å². The van der Waals surface area contributed by atoms with Crippen LogP contribution in [-0.2, 0) is 16.0 Å². The normalized spacial score (nSPS) is 17.7. The Morgan fingerprint density at radius 3 is 2.24 bits per heavy atom. The molecule has 2 amide bonds. The van der Waals surface area contributed by atoms with Gasteiger partial charge in [-0.15, -0.1) is 23.2 Å². The third kappa shape index (κ3) is 6.21. The molecule has 0 bridgehead atoms. The first-order valence-corrected chi connectivity index (χ1v) is 12.8. The van der Waals surface area contributed by atoms with Gasteiger partial charge in [0.2, 0.25) is 11.8 Å². The van der Waals surface area contributed by atoms with Crippen LogP contribution in [0, 0.1) is 11.7 Å². The Morgan fingerprint density at radius 2 is 1.59 bits per heavy atom. The Balaban J connectivity index is 1.52. The zero-order valence-electron chi connectivity index (χ0n) is 19.1. The molecule has 0 heterocycles. The molecule has 4 rings (SSSR count). The largest absolute Gasteiger partial charge is 0.326 e. The molecule has 3 aromatic carbocycles. The second kappa shape index (κ2) is 10.8. The van der Waals surface area contributed by atoms with Crippen LogP contribution in [0.2, 0.25) is 15.1 Å². The maximum Gasteiger partial charge on any atom is 0.231 e. The summed E-state index contributed by atoms with van der Waals surface area (Å²) in [7, 11) is 0. The number of hydrogen-bond acceptors (Lipinski definition) is 3. The highest BCUT2D eigenvalue weighted by Crippen LogP contribution is 2.65. The fourth-order valence-corrected chi connectivity index (χ4v) is 5.73. The third-order valence-electron chi connectivity index (χ3n) is 5.85. The number of Topliss-reactive ketones (excluding diaryl/α,β-unsaturated/α-hetero) is 1. The van der Waals surface area contributed by atoms with Crippen LogP contribution in [0.4, 0.5) is 15.8 Å². The molecule has 2 N–H and O–H groups in total. The fraction of sp³-hybridized carbons (Fsp3) is 0.192. The van der Waals surface area contributed by atoms with Crippen molar-refractivity contribution in [1.82, 2.24) is 0 Å². The minimum atomic E-state index is -1.37. The van der Waals surface area contributed by atoms with E-state index in [2.05, 4.69) is 10.6 Å². The monoisotopic (exact) mass is 600 g/mol. The Kier molecular flexibility index (Phi) is 8.07. The second-order valence-electron chi connectivity index (χ2n) is 8.60. The van der Waals surface area contributed by atoms with E-state index in [1.165, 1.54) is 37.3 Å². The van der Waals surface area contributed by atoms with Gasteiger partial charge in [0.05, 0.1) is 10.9 Å². The number of benzene rings is 3. The summed E-state index contributed by atoms with van der Waals surface area (Å²) in [5.74, 6) is -3.16. The Bertz CT molecular complexity index is 1410. The number of rotatable bonds is 7. The number of anilines is 2. The summed E-state index contributed by atoms with van der Waals surface area (Å²) in [6.45, 7) is 1.28. The number of halogens is 6. The summed E-state index contributed by atoms with van der Waals surface area (Å²) in [5.41, 5.74) is 1.65. The molecule has 11 heteroatoms. The van der Waals surface area contributed by atoms with Crippen molar-refractivity contribution in [1.29, 1.82) is 0 Å². The smallest absolute Gasteiger partial charge is 0.231 e. The van der Waals surface area contributed by atoms with Crippen molar-refractivity contribution in [3.8, 4) is 0 Å². The molecule has 0 radical (unpaired) electrons. The van der Waals surface area contributed by atoms with Gasteiger partial charge in [-0.2, -0.15) is 0 Å². The highest BCUT2D eigenvalue weighted by atomic mass is 35.5. The van der Waals surface area contributed by atoms with E-state index < -0.39 is 39.6 Å². The highest BCUT2D eigenvalue weighted by Gasteiger charge is 2.67. The zero-order valence-corrected chi connectivity index (χ0v) is 22.8. The minimum Gasteiger partial charge on any atom is -0.326 e. The third-order valence-corrected chi connectivity index (χ3v) is 7.55. The molecule has 1 aliphatic carbocycles. The van der Waals surface area contributed by atoms with Crippen molar-refractivity contribution in [2.75, 3.05) is 10.6 Å². The maximum atomic E-state index is 13.7. The quantitative estimate of drug-likeness (QED) is 0.215. The van der Waals surface area contributed by atoms with Gasteiger partial charge in [-0.1, -0.05) is 40.9 Å². The van der Waals surface area contributed by atoms with E-state index in [4.69, 9.17) is 58.0 Å². The summed E-state index contributed by atoms with van der Waals surface area (Å²) >= 11 is 31.3. The molecule has 3 aromatic rings. The molecule has 192 valence electrons.